The van der Waals surface area contributed by atoms with E-state index in [1.54, 1.807) is 13.0 Å². The Morgan fingerprint density at radius 3 is 2.81 bits per heavy atom. The molecular weight excluding hydrogens is 202 g/mol. The van der Waals surface area contributed by atoms with Gasteiger partial charge in [-0.15, -0.1) is 0 Å². The van der Waals surface area contributed by atoms with Crippen molar-refractivity contribution in [2.24, 2.45) is 5.41 Å². The van der Waals surface area contributed by atoms with Crippen LogP contribution in [-0.2, 0) is 4.79 Å². The first-order valence-electron chi connectivity index (χ1n) is 6.04. The van der Waals surface area contributed by atoms with E-state index in [1.165, 1.54) is 25.7 Å². The molecule has 1 aliphatic carbocycles. The highest BCUT2D eigenvalue weighted by Crippen LogP contribution is 2.34. The van der Waals surface area contributed by atoms with Crippen LogP contribution in [0.4, 0.5) is 0 Å². The number of hydrogen-bond donors (Lipinski definition) is 2. The van der Waals surface area contributed by atoms with Crippen LogP contribution in [0.1, 0.15) is 46.5 Å². The van der Waals surface area contributed by atoms with Crippen molar-refractivity contribution in [3.8, 4) is 0 Å². The molecule has 1 aliphatic rings. The molecule has 16 heavy (non-hydrogen) atoms. The molecule has 3 nitrogen and oxygen atoms in total. The first-order valence-corrected chi connectivity index (χ1v) is 6.04. The van der Waals surface area contributed by atoms with Gasteiger partial charge in [-0.3, -0.25) is 0 Å². The summed E-state index contributed by atoms with van der Waals surface area (Å²) in [6, 6.07) is 0.543. The van der Waals surface area contributed by atoms with E-state index in [-0.39, 0.29) is 0 Å². The number of hydrogen-bond acceptors (Lipinski definition) is 2. The number of carboxylic acid groups (broad SMARTS) is 1. The van der Waals surface area contributed by atoms with Gasteiger partial charge in [0.25, 0.3) is 0 Å². The van der Waals surface area contributed by atoms with Crippen molar-refractivity contribution in [1.29, 1.82) is 0 Å². The molecule has 0 aromatic carbocycles. The van der Waals surface area contributed by atoms with Gasteiger partial charge in [-0.2, -0.15) is 0 Å². The van der Waals surface area contributed by atoms with Gasteiger partial charge in [0.1, 0.15) is 0 Å². The van der Waals surface area contributed by atoms with Crippen LogP contribution in [0.25, 0.3) is 0 Å². The van der Waals surface area contributed by atoms with Crippen molar-refractivity contribution in [2.75, 3.05) is 6.54 Å². The monoisotopic (exact) mass is 225 g/mol. The van der Waals surface area contributed by atoms with Crippen molar-refractivity contribution in [1.82, 2.24) is 5.32 Å². The van der Waals surface area contributed by atoms with Gasteiger partial charge >= 0.3 is 5.97 Å². The summed E-state index contributed by atoms with van der Waals surface area (Å²) < 4.78 is 0. The average Bonchev–Trinajstić information content (AvgIpc) is 2.15. The molecule has 1 saturated carbocycles. The lowest BCUT2D eigenvalue weighted by molar-refractivity contribution is -0.132. The molecule has 92 valence electrons. The number of nitrogens with one attached hydrogen (secondary N) is 1. The molecule has 1 atom stereocenters. The predicted octanol–water partition coefficient (Wildman–Crippen LogP) is 2.58. The second-order valence-electron chi connectivity index (χ2n) is 5.56. The predicted molar refractivity (Wildman–Crippen MR) is 65.4 cm³/mol. The highest BCUT2D eigenvalue weighted by molar-refractivity contribution is 5.85. The number of aliphatic carboxylic acids is 1. The molecule has 0 radical (unpaired) electrons. The number of carboxylic acids is 1. The normalized spacial score (nSPS) is 25.4. The Kier molecular flexibility index (Phi) is 4.54. The van der Waals surface area contributed by atoms with Gasteiger partial charge in [0.2, 0.25) is 0 Å². The topological polar surface area (TPSA) is 49.3 Å². The Hall–Kier alpha value is -0.830. The number of carbonyl (C=O) groups is 1. The second-order valence-corrected chi connectivity index (χ2v) is 5.56. The summed E-state index contributed by atoms with van der Waals surface area (Å²) in [5.41, 5.74) is 0.851. The summed E-state index contributed by atoms with van der Waals surface area (Å²) in [6.45, 7) is 6.91. The van der Waals surface area contributed by atoms with Gasteiger partial charge in [-0.1, -0.05) is 26.3 Å². The zero-order valence-corrected chi connectivity index (χ0v) is 10.5. The Labute approximate surface area is 97.9 Å². The molecule has 0 aromatic heterocycles. The molecule has 0 aromatic rings. The van der Waals surface area contributed by atoms with Crippen LogP contribution in [-0.4, -0.2) is 23.7 Å². The maximum absolute atomic E-state index is 10.6. The molecule has 0 amide bonds. The van der Waals surface area contributed by atoms with E-state index in [2.05, 4.69) is 19.2 Å². The average molecular weight is 225 g/mol. The lowest BCUT2D eigenvalue weighted by atomic mass is 9.75. The molecule has 0 spiro atoms. The van der Waals surface area contributed by atoms with Gasteiger partial charge in [-0.05, 0) is 31.6 Å². The number of rotatable bonds is 4. The summed E-state index contributed by atoms with van der Waals surface area (Å²) in [7, 11) is 0. The first-order chi connectivity index (χ1) is 7.41. The van der Waals surface area contributed by atoms with Crippen LogP contribution in [0.15, 0.2) is 11.6 Å². The van der Waals surface area contributed by atoms with Gasteiger partial charge in [0.05, 0.1) is 0 Å². The van der Waals surface area contributed by atoms with Crippen LogP contribution in [0.3, 0.4) is 0 Å². The van der Waals surface area contributed by atoms with Gasteiger partial charge in [-0.25, -0.2) is 4.79 Å². The fourth-order valence-electron chi connectivity index (χ4n) is 2.34. The summed E-state index contributed by atoms with van der Waals surface area (Å²) in [5, 5.41) is 12.1. The van der Waals surface area contributed by atoms with Crippen LogP contribution in [0, 0.1) is 5.41 Å². The summed E-state index contributed by atoms with van der Waals surface area (Å²) in [4.78, 5) is 10.6. The van der Waals surface area contributed by atoms with E-state index in [9.17, 15) is 4.79 Å². The zero-order chi connectivity index (χ0) is 12.2. The SMILES string of the molecule is CC(=CCNC1CCCC(C)(C)C1)C(=O)O. The van der Waals surface area contributed by atoms with Gasteiger partial charge in [0, 0.05) is 18.2 Å². The van der Waals surface area contributed by atoms with Gasteiger partial charge < -0.3 is 10.4 Å². The molecule has 0 heterocycles. The quantitative estimate of drug-likeness (QED) is 0.723. The second kappa shape index (κ2) is 5.48. The molecule has 0 aliphatic heterocycles. The standard InChI is InChI=1S/C13H23NO2/c1-10(12(15)16)6-8-14-11-5-4-7-13(2,3)9-11/h6,11,14H,4-5,7-9H2,1-3H3,(H,15,16). The van der Waals surface area contributed by atoms with E-state index >= 15 is 0 Å². The van der Waals surface area contributed by atoms with E-state index in [0.29, 0.717) is 23.6 Å². The van der Waals surface area contributed by atoms with Crippen molar-refractivity contribution in [3.05, 3.63) is 11.6 Å². The van der Waals surface area contributed by atoms with E-state index < -0.39 is 5.97 Å². The Bertz CT molecular complexity index is 282. The van der Waals surface area contributed by atoms with Crippen LogP contribution in [0.2, 0.25) is 0 Å². The molecule has 1 unspecified atom stereocenters. The summed E-state index contributed by atoms with van der Waals surface area (Å²) in [5.74, 6) is -0.828. The van der Waals surface area contributed by atoms with Gasteiger partial charge in [0.15, 0.2) is 0 Å². The Balaban J connectivity index is 2.33. The third kappa shape index (κ3) is 4.35. The van der Waals surface area contributed by atoms with Crippen LogP contribution >= 0.6 is 0 Å². The molecule has 3 heteroatoms. The minimum Gasteiger partial charge on any atom is -0.478 e. The van der Waals surface area contributed by atoms with E-state index in [4.69, 9.17) is 5.11 Å². The third-order valence-electron chi connectivity index (χ3n) is 3.36. The van der Waals surface area contributed by atoms with Crippen molar-refractivity contribution in [2.45, 2.75) is 52.5 Å². The maximum Gasteiger partial charge on any atom is 0.330 e. The summed E-state index contributed by atoms with van der Waals surface area (Å²) >= 11 is 0. The highest BCUT2D eigenvalue weighted by Gasteiger charge is 2.27. The Morgan fingerprint density at radius 2 is 2.25 bits per heavy atom. The molecule has 0 bridgehead atoms. The van der Waals surface area contributed by atoms with E-state index in [1.807, 2.05) is 0 Å². The van der Waals surface area contributed by atoms with Crippen molar-refractivity contribution >= 4 is 5.97 Å². The molecule has 1 rings (SSSR count). The van der Waals surface area contributed by atoms with Crippen LogP contribution < -0.4 is 5.32 Å². The zero-order valence-electron chi connectivity index (χ0n) is 10.5. The lowest BCUT2D eigenvalue weighted by Gasteiger charge is -2.35. The fraction of sp³-hybridized carbons (Fsp3) is 0.769. The molecule has 2 N–H and O–H groups in total. The lowest BCUT2D eigenvalue weighted by Crippen LogP contribution is -2.37. The third-order valence-corrected chi connectivity index (χ3v) is 3.36. The molecular formula is C13H23NO2. The van der Waals surface area contributed by atoms with E-state index in [0.717, 1.165) is 0 Å². The van der Waals surface area contributed by atoms with Crippen LogP contribution in [0.5, 0.6) is 0 Å². The minimum absolute atomic E-state index is 0.419. The highest BCUT2D eigenvalue weighted by atomic mass is 16.4. The molecule has 0 saturated heterocycles. The maximum atomic E-state index is 10.6. The first kappa shape index (κ1) is 13.2. The van der Waals surface area contributed by atoms with Crippen molar-refractivity contribution in [3.63, 3.8) is 0 Å². The summed E-state index contributed by atoms with van der Waals surface area (Å²) in [6.07, 6.45) is 6.72. The molecule has 1 fully saturated rings. The minimum atomic E-state index is -0.828. The van der Waals surface area contributed by atoms with Crippen molar-refractivity contribution < 1.29 is 9.90 Å². The Morgan fingerprint density at radius 1 is 1.56 bits per heavy atom. The smallest absolute Gasteiger partial charge is 0.330 e. The fourth-order valence-corrected chi connectivity index (χ4v) is 2.34. The largest absolute Gasteiger partial charge is 0.478 e.